The molecular weight excluding hydrogens is 345 g/mol. The van der Waals surface area contributed by atoms with E-state index in [1.807, 2.05) is 11.0 Å². The predicted molar refractivity (Wildman–Crippen MR) is 93.3 cm³/mol. The van der Waals surface area contributed by atoms with E-state index in [9.17, 15) is 13.2 Å². The second kappa shape index (κ2) is 7.39. The van der Waals surface area contributed by atoms with Crippen molar-refractivity contribution in [3.63, 3.8) is 0 Å². The Morgan fingerprint density at radius 2 is 2.08 bits per heavy atom. The average molecular weight is 366 g/mol. The third-order valence-electron chi connectivity index (χ3n) is 4.38. The molecule has 0 aliphatic carbocycles. The van der Waals surface area contributed by atoms with Crippen molar-refractivity contribution in [3.8, 4) is 5.75 Å². The van der Waals surface area contributed by atoms with Crippen LogP contribution in [0.25, 0.3) is 0 Å². The van der Waals surface area contributed by atoms with E-state index < -0.39 is 6.36 Å². The molecule has 2 aromatic rings. The minimum atomic E-state index is -4.69. The van der Waals surface area contributed by atoms with Crippen LogP contribution in [-0.4, -0.2) is 28.9 Å². The Labute approximate surface area is 150 Å². The average Bonchev–Trinajstić information content (AvgIpc) is 2.60. The van der Waals surface area contributed by atoms with Gasteiger partial charge >= 0.3 is 6.36 Å². The Hall–Kier alpha value is -2.51. The first kappa shape index (κ1) is 18.3. The van der Waals surface area contributed by atoms with Gasteiger partial charge in [-0.2, -0.15) is 4.98 Å². The van der Waals surface area contributed by atoms with E-state index in [-0.39, 0.29) is 11.8 Å². The van der Waals surface area contributed by atoms with Gasteiger partial charge in [-0.15, -0.1) is 13.2 Å². The largest absolute Gasteiger partial charge is 0.573 e. The first-order valence-electron chi connectivity index (χ1n) is 8.56. The van der Waals surface area contributed by atoms with Crippen LogP contribution in [0.15, 0.2) is 30.5 Å². The standard InChI is InChI=1S/C18H21F3N4O/c1-3-12(2)23-17-22-8-6-16(24-17)25-9-7-13-4-5-15(10-14(13)11-25)26-18(19,20)21/h4-6,8,10,12H,3,7,9,11H2,1-2H3,(H,22,23,24)/t12-/m0/s1. The molecule has 140 valence electrons. The number of ether oxygens (including phenoxy) is 1. The molecule has 1 N–H and O–H groups in total. The van der Waals surface area contributed by atoms with Gasteiger partial charge < -0.3 is 15.0 Å². The number of anilines is 2. The van der Waals surface area contributed by atoms with Crippen LogP contribution < -0.4 is 15.0 Å². The smallest absolute Gasteiger partial charge is 0.406 e. The Kier molecular flexibility index (Phi) is 5.20. The van der Waals surface area contributed by atoms with E-state index in [0.29, 0.717) is 12.5 Å². The zero-order chi connectivity index (χ0) is 18.7. The van der Waals surface area contributed by atoms with Crippen molar-refractivity contribution < 1.29 is 17.9 Å². The van der Waals surface area contributed by atoms with Crippen molar-refractivity contribution in [1.29, 1.82) is 0 Å². The monoisotopic (exact) mass is 366 g/mol. The van der Waals surface area contributed by atoms with Crippen molar-refractivity contribution in [2.24, 2.45) is 0 Å². The number of rotatable bonds is 5. The summed E-state index contributed by atoms with van der Waals surface area (Å²) >= 11 is 0. The summed E-state index contributed by atoms with van der Waals surface area (Å²) in [7, 11) is 0. The molecule has 5 nitrogen and oxygen atoms in total. The molecule has 8 heteroatoms. The molecule has 1 atom stereocenters. The van der Waals surface area contributed by atoms with Gasteiger partial charge in [-0.1, -0.05) is 13.0 Å². The number of nitrogens with zero attached hydrogens (tertiary/aromatic N) is 3. The molecule has 0 saturated carbocycles. The Balaban J connectivity index is 1.77. The molecule has 1 aliphatic heterocycles. The Bertz CT molecular complexity index is 766. The summed E-state index contributed by atoms with van der Waals surface area (Å²) in [6.45, 7) is 5.34. The maximum Gasteiger partial charge on any atom is 0.573 e. The second-order valence-electron chi connectivity index (χ2n) is 6.34. The molecule has 1 aromatic carbocycles. The number of hydrogen-bond acceptors (Lipinski definition) is 5. The van der Waals surface area contributed by atoms with Gasteiger partial charge in [0.15, 0.2) is 0 Å². The molecule has 0 bridgehead atoms. The fourth-order valence-corrected chi connectivity index (χ4v) is 2.84. The first-order valence-corrected chi connectivity index (χ1v) is 8.56. The lowest BCUT2D eigenvalue weighted by molar-refractivity contribution is -0.274. The SMILES string of the molecule is CC[C@H](C)Nc1nccc(N2CCc3ccc(OC(F)(F)F)cc3C2)n1. The Morgan fingerprint density at radius 3 is 2.81 bits per heavy atom. The van der Waals surface area contributed by atoms with Gasteiger partial charge in [-0.25, -0.2) is 4.98 Å². The zero-order valence-electron chi connectivity index (χ0n) is 14.7. The highest BCUT2D eigenvalue weighted by atomic mass is 19.4. The van der Waals surface area contributed by atoms with E-state index in [2.05, 4.69) is 33.9 Å². The molecule has 0 radical (unpaired) electrons. The van der Waals surface area contributed by atoms with Crippen molar-refractivity contribution in [2.45, 2.75) is 45.6 Å². The van der Waals surface area contributed by atoms with Gasteiger partial charge in [0, 0.05) is 25.3 Å². The van der Waals surface area contributed by atoms with E-state index in [1.165, 1.54) is 12.1 Å². The summed E-state index contributed by atoms with van der Waals surface area (Å²) in [5.74, 6) is 1.11. The van der Waals surface area contributed by atoms with Crippen LogP contribution in [0.5, 0.6) is 5.75 Å². The Morgan fingerprint density at radius 1 is 1.27 bits per heavy atom. The maximum atomic E-state index is 12.4. The van der Waals surface area contributed by atoms with Crippen LogP contribution >= 0.6 is 0 Å². The number of halogens is 3. The summed E-state index contributed by atoms with van der Waals surface area (Å²) in [6, 6.07) is 6.58. The quantitative estimate of drug-likeness (QED) is 0.862. The number of alkyl halides is 3. The minimum Gasteiger partial charge on any atom is -0.406 e. The number of benzene rings is 1. The van der Waals surface area contributed by atoms with Gasteiger partial charge in [-0.3, -0.25) is 0 Å². The molecular formula is C18H21F3N4O. The fourth-order valence-electron chi connectivity index (χ4n) is 2.84. The molecule has 0 saturated heterocycles. The lowest BCUT2D eigenvalue weighted by Gasteiger charge is -2.30. The van der Waals surface area contributed by atoms with Crippen LogP contribution in [0, 0.1) is 0 Å². The second-order valence-corrected chi connectivity index (χ2v) is 6.34. The van der Waals surface area contributed by atoms with E-state index in [4.69, 9.17) is 0 Å². The molecule has 1 aliphatic rings. The molecule has 26 heavy (non-hydrogen) atoms. The molecule has 1 aromatic heterocycles. The molecule has 2 heterocycles. The third kappa shape index (κ3) is 4.56. The third-order valence-corrected chi connectivity index (χ3v) is 4.38. The molecule has 0 unspecified atom stereocenters. The van der Waals surface area contributed by atoms with Gasteiger partial charge in [0.1, 0.15) is 11.6 Å². The van der Waals surface area contributed by atoms with E-state index in [1.54, 1.807) is 12.3 Å². The molecule has 0 amide bonds. The van der Waals surface area contributed by atoms with Crippen LogP contribution in [0.1, 0.15) is 31.4 Å². The molecule has 0 fully saturated rings. The summed E-state index contributed by atoms with van der Waals surface area (Å²) in [6.07, 6.45) is -1.32. The van der Waals surface area contributed by atoms with Crippen LogP contribution in [0.3, 0.4) is 0 Å². The van der Waals surface area contributed by atoms with Crippen molar-refractivity contribution >= 4 is 11.8 Å². The summed E-state index contributed by atoms with van der Waals surface area (Å²) in [5.41, 5.74) is 1.84. The first-order chi connectivity index (χ1) is 12.3. The van der Waals surface area contributed by atoms with Gasteiger partial charge in [0.25, 0.3) is 0 Å². The van der Waals surface area contributed by atoms with E-state index in [0.717, 1.165) is 36.3 Å². The van der Waals surface area contributed by atoms with Crippen molar-refractivity contribution in [1.82, 2.24) is 9.97 Å². The molecule has 3 rings (SSSR count). The van der Waals surface area contributed by atoms with E-state index >= 15 is 0 Å². The number of fused-ring (bicyclic) bond motifs is 1. The highest BCUT2D eigenvalue weighted by molar-refractivity contribution is 5.48. The van der Waals surface area contributed by atoms with Crippen LogP contribution in [0.2, 0.25) is 0 Å². The normalized spacial score (nSPS) is 15.3. The number of aromatic nitrogens is 2. The van der Waals surface area contributed by atoms with Crippen molar-refractivity contribution in [2.75, 3.05) is 16.8 Å². The summed E-state index contributed by atoms with van der Waals surface area (Å²) in [4.78, 5) is 10.8. The number of hydrogen-bond donors (Lipinski definition) is 1. The maximum absolute atomic E-state index is 12.4. The minimum absolute atomic E-state index is 0.195. The number of nitrogens with one attached hydrogen (secondary N) is 1. The van der Waals surface area contributed by atoms with Crippen molar-refractivity contribution in [3.05, 3.63) is 41.6 Å². The summed E-state index contributed by atoms with van der Waals surface area (Å²) < 4.78 is 41.3. The lowest BCUT2D eigenvalue weighted by Crippen LogP contribution is -2.31. The highest BCUT2D eigenvalue weighted by Crippen LogP contribution is 2.29. The predicted octanol–water partition coefficient (Wildman–Crippen LogP) is 4.15. The lowest BCUT2D eigenvalue weighted by atomic mass is 9.99. The summed E-state index contributed by atoms with van der Waals surface area (Å²) in [5, 5.41) is 3.23. The van der Waals surface area contributed by atoms with Gasteiger partial charge in [-0.05, 0) is 49.1 Å². The fraction of sp³-hybridized carbons (Fsp3) is 0.444. The topological polar surface area (TPSA) is 50.3 Å². The highest BCUT2D eigenvalue weighted by Gasteiger charge is 2.31. The zero-order valence-corrected chi connectivity index (χ0v) is 14.7. The van der Waals surface area contributed by atoms with Crippen LogP contribution in [-0.2, 0) is 13.0 Å². The molecule has 0 spiro atoms. The van der Waals surface area contributed by atoms with Crippen LogP contribution in [0.4, 0.5) is 24.9 Å². The van der Waals surface area contributed by atoms with Gasteiger partial charge in [0.2, 0.25) is 5.95 Å². The van der Waals surface area contributed by atoms with Gasteiger partial charge in [0.05, 0.1) is 0 Å².